The first-order valence-corrected chi connectivity index (χ1v) is 4.66. The lowest BCUT2D eigenvalue weighted by Gasteiger charge is -2.27. The maximum Gasteiger partial charge on any atom is 0.230 e. The highest BCUT2D eigenvalue weighted by atomic mass is 16.3. The van der Waals surface area contributed by atoms with Crippen molar-refractivity contribution in [3.63, 3.8) is 0 Å². The van der Waals surface area contributed by atoms with Crippen LogP contribution in [0.25, 0.3) is 0 Å². The molecule has 13 heavy (non-hydrogen) atoms. The van der Waals surface area contributed by atoms with Crippen molar-refractivity contribution in [3.8, 4) is 0 Å². The van der Waals surface area contributed by atoms with Gasteiger partial charge in [0.25, 0.3) is 0 Å². The van der Waals surface area contributed by atoms with E-state index < -0.39 is 0 Å². The van der Waals surface area contributed by atoms with E-state index in [1.807, 2.05) is 0 Å². The minimum absolute atomic E-state index is 0.0211. The minimum Gasteiger partial charge on any atom is -0.503 e. The summed E-state index contributed by atoms with van der Waals surface area (Å²) >= 11 is 0. The van der Waals surface area contributed by atoms with Gasteiger partial charge in [-0.2, -0.15) is 0 Å². The number of hydrogen-bond donors (Lipinski definition) is 2. The third-order valence-corrected chi connectivity index (χ3v) is 2.27. The quantitative estimate of drug-likeness (QED) is 0.510. The summed E-state index contributed by atoms with van der Waals surface area (Å²) in [6, 6.07) is 0. The first kappa shape index (κ1) is 9.96. The Hall–Kier alpha value is -1.12. The molecule has 74 valence electrons. The molecule has 0 amide bonds. The summed E-state index contributed by atoms with van der Waals surface area (Å²) in [5, 5.41) is 19.0. The van der Waals surface area contributed by atoms with Gasteiger partial charge in [-0.1, -0.05) is 6.58 Å². The standard InChI is InChI=1S/C10H17NO2/c1-8(2)9(12)10(13)11-6-4-3-5-7-11/h12-13H,1,3-7H2,2H3/b10-9+. The van der Waals surface area contributed by atoms with Gasteiger partial charge < -0.3 is 15.1 Å². The Labute approximate surface area is 79.0 Å². The summed E-state index contributed by atoms with van der Waals surface area (Å²) in [6.07, 6.45) is 3.36. The molecule has 1 aliphatic rings. The van der Waals surface area contributed by atoms with Crippen molar-refractivity contribution in [2.75, 3.05) is 13.1 Å². The van der Waals surface area contributed by atoms with Gasteiger partial charge in [-0.3, -0.25) is 0 Å². The molecule has 1 heterocycles. The van der Waals surface area contributed by atoms with E-state index in [1.54, 1.807) is 11.8 Å². The Balaban J connectivity index is 2.68. The third kappa shape index (κ3) is 2.41. The molecule has 0 aromatic carbocycles. The fraction of sp³-hybridized carbons (Fsp3) is 0.600. The van der Waals surface area contributed by atoms with E-state index in [1.165, 1.54) is 6.42 Å². The largest absolute Gasteiger partial charge is 0.503 e. The van der Waals surface area contributed by atoms with Crippen LogP contribution in [0.1, 0.15) is 26.2 Å². The summed E-state index contributed by atoms with van der Waals surface area (Å²) in [5.41, 5.74) is 0.503. The van der Waals surface area contributed by atoms with E-state index in [0.717, 1.165) is 25.9 Å². The lowest BCUT2D eigenvalue weighted by atomic mass is 10.1. The van der Waals surface area contributed by atoms with E-state index in [-0.39, 0.29) is 11.6 Å². The predicted molar refractivity (Wildman–Crippen MR) is 52.5 cm³/mol. The van der Waals surface area contributed by atoms with Gasteiger partial charge in [0.1, 0.15) is 0 Å². The fourth-order valence-electron chi connectivity index (χ4n) is 1.45. The summed E-state index contributed by atoms with van der Waals surface area (Å²) in [4.78, 5) is 1.80. The van der Waals surface area contributed by atoms with Crippen molar-refractivity contribution < 1.29 is 10.2 Å². The van der Waals surface area contributed by atoms with Gasteiger partial charge in [0, 0.05) is 13.1 Å². The maximum absolute atomic E-state index is 9.61. The molecule has 1 aliphatic heterocycles. The van der Waals surface area contributed by atoms with Crippen LogP contribution >= 0.6 is 0 Å². The van der Waals surface area contributed by atoms with Gasteiger partial charge in [-0.25, -0.2) is 0 Å². The molecule has 0 aromatic rings. The molecule has 2 N–H and O–H groups in total. The zero-order valence-corrected chi connectivity index (χ0v) is 8.08. The molecule has 0 aromatic heterocycles. The number of allylic oxidation sites excluding steroid dienone is 1. The molecule has 0 atom stereocenters. The van der Waals surface area contributed by atoms with Crippen molar-refractivity contribution in [2.45, 2.75) is 26.2 Å². The lowest BCUT2D eigenvalue weighted by Crippen LogP contribution is -2.30. The molecule has 1 fully saturated rings. The lowest BCUT2D eigenvalue weighted by molar-refractivity contribution is 0.154. The number of hydrogen-bond acceptors (Lipinski definition) is 3. The molecular formula is C10H17NO2. The number of aliphatic hydroxyl groups is 2. The maximum atomic E-state index is 9.61. The molecule has 3 heteroatoms. The van der Waals surface area contributed by atoms with Gasteiger partial charge in [0.15, 0.2) is 5.76 Å². The Morgan fingerprint density at radius 2 is 1.69 bits per heavy atom. The number of piperidine rings is 1. The van der Waals surface area contributed by atoms with E-state index in [2.05, 4.69) is 6.58 Å². The topological polar surface area (TPSA) is 43.7 Å². The van der Waals surface area contributed by atoms with Crippen molar-refractivity contribution in [3.05, 3.63) is 23.8 Å². The second-order valence-corrected chi connectivity index (χ2v) is 3.50. The monoisotopic (exact) mass is 183 g/mol. The predicted octanol–water partition coefficient (Wildman–Crippen LogP) is 2.33. The number of likely N-dealkylation sites (tertiary alicyclic amines) is 1. The number of rotatable bonds is 2. The van der Waals surface area contributed by atoms with E-state index in [9.17, 15) is 10.2 Å². The Morgan fingerprint density at radius 3 is 2.15 bits per heavy atom. The molecule has 0 saturated carbocycles. The minimum atomic E-state index is -0.0816. The van der Waals surface area contributed by atoms with Crippen LogP contribution in [0.5, 0.6) is 0 Å². The van der Waals surface area contributed by atoms with Crippen molar-refractivity contribution in [2.24, 2.45) is 0 Å². The molecule has 0 radical (unpaired) electrons. The van der Waals surface area contributed by atoms with E-state index in [0.29, 0.717) is 5.57 Å². The smallest absolute Gasteiger partial charge is 0.230 e. The summed E-state index contributed by atoms with van der Waals surface area (Å²) < 4.78 is 0. The van der Waals surface area contributed by atoms with Gasteiger partial charge in [-0.05, 0) is 31.8 Å². The van der Waals surface area contributed by atoms with Crippen LogP contribution in [0.3, 0.4) is 0 Å². The van der Waals surface area contributed by atoms with Crippen molar-refractivity contribution in [1.82, 2.24) is 4.90 Å². The first-order chi connectivity index (χ1) is 6.13. The van der Waals surface area contributed by atoms with Gasteiger partial charge in [-0.15, -0.1) is 0 Å². The average molecular weight is 183 g/mol. The highest BCUT2D eigenvalue weighted by Gasteiger charge is 2.16. The summed E-state index contributed by atoms with van der Waals surface area (Å²) in [6.45, 7) is 6.90. The normalized spacial score (nSPS) is 19.6. The molecule has 1 saturated heterocycles. The van der Waals surface area contributed by atoms with Crippen LogP contribution in [0.2, 0.25) is 0 Å². The van der Waals surface area contributed by atoms with Gasteiger partial charge in [0.2, 0.25) is 5.88 Å². The highest BCUT2D eigenvalue weighted by molar-refractivity contribution is 5.21. The van der Waals surface area contributed by atoms with E-state index >= 15 is 0 Å². The second kappa shape index (κ2) is 4.21. The Morgan fingerprint density at radius 1 is 1.15 bits per heavy atom. The fourth-order valence-corrected chi connectivity index (χ4v) is 1.45. The molecule has 1 rings (SSSR count). The van der Waals surface area contributed by atoms with Crippen LogP contribution in [-0.2, 0) is 0 Å². The zero-order chi connectivity index (χ0) is 9.84. The SMILES string of the molecule is C=C(C)/C(O)=C(\O)N1CCCCC1. The number of nitrogens with zero attached hydrogens (tertiary/aromatic N) is 1. The van der Waals surface area contributed by atoms with Crippen molar-refractivity contribution >= 4 is 0 Å². The molecule has 0 spiro atoms. The molecule has 3 nitrogen and oxygen atoms in total. The molecule has 0 aliphatic carbocycles. The zero-order valence-electron chi connectivity index (χ0n) is 8.08. The average Bonchev–Trinajstić information content (AvgIpc) is 2.17. The van der Waals surface area contributed by atoms with Crippen LogP contribution in [-0.4, -0.2) is 28.2 Å². The molecule has 0 unspecified atom stereocenters. The van der Waals surface area contributed by atoms with Crippen LogP contribution in [0.4, 0.5) is 0 Å². The van der Waals surface area contributed by atoms with Crippen LogP contribution in [0.15, 0.2) is 23.8 Å². The third-order valence-electron chi connectivity index (χ3n) is 2.27. The van der Waals surface area contributed by atoms with Crippen LogP contribution in [0, 0.1) is 0 Å². The van der Waals surface area contributed by atoms with Crippen LogP contribution < -0.4 is 0 Å². The Bertz CT molecular complexity index is 227. The summed E-state index contributed by atoms with van der Waals surface area (Å²) in [5.74, 6) is -0.103. The summed E-state index contributed by atoms with van der Waals surface area (Å²) in [7, 11) is 0. The molecule has 0 bridgehead atoms. The second-order valence-electron chi connectivity index (χ2n) is 3.50. The van der Waals surface area contributed by atoms with Crippen molar-refractivity contribution in [1.29, 1.82) is 0 Å². The molecular weight excluding hydrogens is 166 g/mol. The van der Waals surface area contributed by atoms with Gasteiger partial charge >= 0.3 is 0 Å². The van der Waals surface area contributed by atoms with E-state index in [4.69, 9.17) is 0 Å². The van der Waals surface area contributed by atoms with Gasteiger partial charge in [0.05, 0.1) is 0 Å². The number of aliphatic hydroxyl groups excluding tert-OH is 2. The first-order valence-electron chi connectivity index (χ1n) is 4.66. The Kier molecular flexibility index (Phi) is 3.23. The highest BCUT2D eigenvalue weighted by Crippen LogP contribution is 2.17.